The van der Waals surface area contributed by atoms with Crippen LogP contribution in [0.4, 0.5) is 5.69 Å². The summed E-state index contributed by atoms with van der Waals surface area (Å²) in [7, 11) is 0. The Morgan fingerprint density at radius 2 is 1.81 bits per heavy atom. The van der Waals surface area contributed by atoms with Crippen LogP contribution in [0.1, 0.15) is 57.1 Å². The highest BCUT2D eigenvalue weighted by Gasteiger charge is 2.41. The van der Waals surface area contributed by atoms with Crippen LogP contribution in [0.5, 0.6) is 5.75 Å². The number of nitriles is 1. The van der Waals surface area contributed by atoms with Crippen LogP contribution in [0.25, 0.3) is 0 Å². The van der Waals surface area contributed by atoms with Crippen molar-refractivity contribution in [1.29, 1.82) is 5.26 Å². The predicted molar refractivity (Wildman–Crippen MR) is 107 cm³/mol. The number of carbonyl (C=O) groups is 1. The average molecular weight is 362 g/mol. The first-order valence-corrected chi connectivity index (χ1v) is 9.63. The number of amides is 1. The molecule has 27 heavy (non-hydrogen) atoms. The van der Waals surface area contributed by atoms with Crippen LogP contribution in [0.2, 0.25) is 0 Å². The summed E-state index contributed by atoms with van der Waals surface area (Å²) in [6, 6.07) is 17.4. The normalized spacial score (nSPS) is 15.8. The van der Waals surface area contributed by atoms with Gasteiger partial charge in [-0.15, -0.1) is 0 Å². The molecule has 140 valence electrons. The summed E-state index contributed by atoms with van der Waals surface area (Å²) < 4.78 is 5.66. The van der Waals surface area contributed by atoms with Gasteiger partial charge in [0.1, 0.15) is 11.8 Å². The standard InChI is InChI=1S/C23H26N2O2/c1-17(2)27-20-11-12-21(18(15-20)16-24)25-22(26)23(13-7-4-8-14-23)19-9-5-3-6-10-19/h3,5-6,9-12,15,17H,4,7-8,13-14H2,1-2H3,(H,25,26). The van der Waals surface area contributed by atoms with Crippen molar-refractivity contribution in [2.75, 3.05) is 5.32 Å². The summed E-state index contributed by atoms with van der Waals surface area (Å²) in [5, 5.41) is 12.6. The van der Waals surface area contributed by atoms with Crippen LogP contribution < -0.4 is 10.1 Å². The molecular formula is C23H26N2O2. The maximum atomic E-state index is 13.4. The van der Waals surface area contributed by atoms with Crippen molar-refractivity contribution in [1.82, 2.24) is 0 Å². The molecule has 1 fully saturated rings. The molecule has 0 unspecified atom stereocenters. The van der Waals surface area contributed by atoms with Gasteiger partial charge in [0, 0.05) is 6.07 Å². The van der Waals surface area contributed by atoms with Gasteiger partial charge in [-0.2, -0.15) is 5.26 Å². The lowest BCUT2D eigenvalue weighted by atomic mass is 9.68. The summed E-state index contributed by atoms with van der Waals surface area (Å²) in [5.41, 5.74) is 1.49. The van der Waals surface area contributed by atoms with E-state index in [1.165, 1.54) is 0 Å². The highest BCUT2D eigenvalue weighted by atomic mass is 16.5. The van der Waals surface area contributed by atoms with Crippen molar-refractivity contribution < 1.29 is 9.53 Å². The number of hydrogen-bond donors (Lipinski definition) is 1. The SMILES string of the molecule is CC(C)Oc1ccc(NC(=O)C2(c3ccccc3)CCCCC2)c(C#N)c1. The summed E-state index contributed by atoms with van der Waals surface area (Å²) in [4.78, 5) is 13.4. The molecule has 0 atom stereocenters. The molecule has 2 aromatic rings. The van der Waals surface area contributed by atoms with Crippen molar-refractivity contribution in [3.8, 4) is 11.8 Å². The Hall–Kier alpha value is -2.80. The van der Waals surface area contributed by atoms with Gasteiger partial charge in [0.15, 0.2) is 0 Å². The fourth-order valence-corrected chi connectivity index (χ4v) is 3.87. The lowest BCUT2D eigenvalue weighted by Gasteiger charge is -2.36. The number of ether oxygens (including phenoxy) is 1. The largest absolute Gasteiger partial charge is 0.491 e. The van der Waals surface area contributed by atoms with Crippen LogP contribution in [0, 0.1) is 11.3 Å². The molecule has 0 radical (unpaired) electrons. The highest BCUT2D eigenvalue weighted by molar-refractivity contribution is 6.00. The molecule has 0 heterocycles. The number of anilines is 1. The van der Waals surface area contributed by atoms with Crippen molar-refractivity contribution >= 4 is 11.6 Å². The Morgan fingerprint density at radius 3 is 2.44 bits per heavy atom. The van der Waals surface area contributed by atoms with Gasteiger partial charge in [0.05, 0.1) is 22.8 Å². The van der Waals surface area contributed by atoms with Crippen LogP contribution >= 0.6 is 0 Å². The van der Waals surface area contributed by atoms with Crippen LogP contribution in [0.3, 0.4) is 0 Å². The molecule has 3 rings (SSSR count). The quantitative estimate of drug-likeness (QED) is 0.796. The number of nitrogens with zero attached hydrogens (tertiary/aromatic N) is 1. The monoisotopic (exact) mass is 362 g/mol. The van der Waals surface area contributed by atoms with E-state index >= 15 is 0 Å². The third-order valence-corrected chi connectivity index (χ3v) is 5.20. The topological polar surface area (TPSA) is 62.1 Å². The Labute approximate surface area is 161 Å². The van der Waals surface area contributed by atoms with Crippen molar-refractivity contribution in [3.05, 3.63) is 59.7 Å². The zero-order chi connectivity index (χ0) is 19.3. The van der Waals surface area contributed by atoms with E-state index in [0.29, 0.717) is 17.0 Å². The highest BCUT2D eigenvalue weighted by Crippen LogP contribution is 2.40. The van der Waals surface area contributed by atoms with Crippen molar-refractivity contribution in [2.24, 2.45) is 0 Å². The summed E-state index contributed by atoms with van der Waals surface area (Å²) >= 11 is 0. The molecule has 1 saturated carbocycles. The van der Waals surface area contributed by atoms with E-state index in [-0.39, 0.29) is 12.0 Å². The molecule has 1 aliphatic rings. The van der Waals surface area contributed by atoms with Gasteiger partial charge in [-0.05, 0) is 44.4 Å². The van der Waals surface area contributed by atoms with Gasteiger partial charge >= 0.3 is 0 Å². The summed E-state index contributed by atoms with van der Waals surface area (Å²) in [6.07, 6.45) is 4.93. The average Bonchev–Trinajstić information content (AvgIpc) is 2.69. The van der Waals surface area contributed by atoms with Crippen molar-refractivity contribution in [3.63, 3.8) is 0 Å². The second-order valence-electron chi connectivity index (χ2n) is 7.45. The van der Waals surface area contributed by atoms with Gasteiger partial charge in [0.2, 0.25) is 5.91 Å². The second-order valence-corrected chi connectivity index (χ2v) is 7.45. The molecule has 0 spiro atoms. The minimum atomic E-state index is -0.528. The molecule has 0 bridgehead atoms. The number of rotatable bonds is 5. The first-order chi connectivity index (χ1) is 13.0. The van der Waals surface area contributed by atoms with Crippen molar-refractivity contribution in [2.45, 2.75) is 57.5 Å². The van der Waals surface area contributed by atoms with E-state index in [1.807, 2.05) is 44.2 Å². The molecule has 4 heteroatoms. The molecule has 1 amide bonds. The van der Waals surface area contributed by atoms with Gasteiger partial charge in [-0.25, -0.2) is 0 Å². The Morgan fingerprint density at radius 1 is 1.11 bits per heavy atom. The first-order valence-electron chi connectivity index (χ1n) is 9.63. The number of hydrogen-bond acceptors (Lipinski definition) is 3. The molecule has 4 nitrogen and oxygen atoms in total. The molecular weight excluding hydrogens is 336 g/mol. The Bertz CT molecular complexity index is 831. The van der Waals surface area contributed by atoms with Crippen LogP contribution in [0.15, 0.2) is 48.5 Å². The molecule has 2 aromatic carbocycles. The maximum Gasteiger partial charge on any atom is 0.235 e. The van der Waals surface area contributed by atoms with Gasteiger partial charge < -0.3 is 10.1 Å². The van der Waals surface area contributed by atoms with Gasteiger partial charge in [-0.3, -0.25) is 4.79 Å². The lowest BCUT2D eigenvalue weighted by Crippen LogP contribution is -2.42. The summed E-state index contributed by atoms with van der Waals surface area (Å²) in [6.45, 7) is 3.88. The molecule has 1 aliphatic carbocycles. The van der Waals surface area contributed by atoms with E-state index in [9.17, 15) is 10.1 Å². The van der Waals surface area contributed by atoms with Crippen LogP contribution in [-0.4, -0.2) is 12.0 Å². The molecule has 0 aliphatic heterocycles. The summed E-state index contributed by atoms with van der Waals surface area (Å²) in [5.74, 6) is 0.609. The number of benzene rings is 2. The smallest absolute Gasteiger partial charge is 0.235 e. The first kappa shape index (κ1) is 19.0. The van der Waals surface area contributed by atoms with E-state index < -0.39 is 5.41 Å². The van der Waals surface area contributed by atoms with E-state index in [1.54, 1.807) is 18.2 Å². The number of nitrogens with one attached hydrogen (secondary N) is 1. The Balaban J connectivity index is 1.89. The van der Waals surface area contributed by atoms with E-state index in [4.69, 9.17) is 4.74 Å². The lowest BCUT2D eigenvalue weighted by molar-refractivity contribution is -0.122. The zero-order valence-electron chi connectivity index (χ0n) is 16.0. The predicted octanol–water partition coefficient (Wildman–Crippen LogP) is 5.19. The Kier molecular flexibility index (Phi) is 5.81. The minimum Gasteiger partial charge on any atom is -0.491 e. The fraction of sp³-hybridized carbons (Fsp3) is 0.391. The van der Waals surface area contributed by atoms with Crippen LogP contribution in [-0.2, 0) is 10.2 Å². The van der Waals surface area contributed by atoms with E-state index in [0.717, 1.165) is 37.7 Å². The minimum absolute atomic E-state index is 0.0255. The third kappa shape index (κ3) is 4.14. The molecule has 0 aromatic heterocycles. The second kappa shape index (κ2) is 8.26. The number of carbonyl (C=O) groups excluding carboxylic acids is 1. The van der Waals surface area contributed by atoms with Gasteiger partial charge in [-0.1, -0.05) is 49.6 Å². The van der Waals surface area contributed by atoms with Gasteiger partial charge in [0.25, 0.3) is 0 Å². The zero-order valence-corrected chi connectivity index (χ0v) is 16.0. The molecule has 1 N–H and O–H groups in total. The molecule has 0 saturated heterocycles. The third-order valence-electron chi connectivity index (χ3n) is 5.20. The fourth-order valence-electron chi connectivity index (χ4n) is 3.87. The maximum absolute atomic E-state index is 13.4. The van der Waals surface area contributed by atoms with E-state index in [2.05, 4.69) is 11.4 Å².